The standard InChI is InChI=1S/C16H14N2O3/c17-8-9-1-5-12(6-2-9)18-15(19)13-10-3-4-11(7-10)14(13)16(20)21/h1-6,10-11,13-14H,7H2,(H,18,19)(H,20,21). The summed E-state index contributed by atoms with van der Waals surface area (Å²) < 4.78 is 0. The molecular formula is C16H14N2O3. The van der Waals surface area contributed by atoms with E-state index in [9.17, 15) is 14.7 Å². The Morgan fingerprint density at radius 1 is 1.14 bits per heavy atom. The first-order valence-electron chi connectivity index (χ1n) is 6.82. The van der Waals surface area contributed by atoms with E-state index in [1.165, 1.54) is 0 Å². The van der Waals surface area contributed by atoms with Gasteiger partial charge in [0.15, 0.2) is 0 Å². The number of carbonyl (C=O) groups excluding carboxylic acids is 1. The Labute approximate surface area is 121 Å². The van der Waals surface area contributed by atoms with E-state index in [1.807, 2.05) is 18.2 Å². The summed E-state index contributed by atoms with van der Waals surface area (Å²) in [6, 6.07) is 8.54. The number of nitrogens with one attached hydrogen (secondary N) is 1. The van der Waals surface area contributed by atoms with Crippen LogP contribution in [-0.4, -0.2) is 17.0 Å². The van der Waals surface area contributed by atoms with Gasteiger partial charge in [-0.3, -0.25) is 9.59 Å². The Hall–Kier alpha value is -2.61. The predicted molar refractivity (Wildman–Crippen MR) is 75.1 cm³/mol. The highest BCUT2D eigenvalue weighted by Crippen LogP contribution is 2.48. The van der Waals surface area contributed by atoms with Gasteiger partial charge in [-0.2, -0.15) is 5.26 Å². The molecule has 2 aliphatic carbocycles. The summed E-state index contributed by atoms with van der Waals surface area (Å²) in [6.07, 6.45) is 4.60. The second-order valence-electron chi connectivity index (χ2n) is 5.52. The third-order valence-corrected chi connectivity index (χ3v) is 4.33. The fourth-order valence-electron chi connectivity index (χ4n) is 3.37. The van der Waals surface area contributed by atoms with Crippen molar-refractivity contribution >= 4 is 17.6 Å². The molecule has 5 heteroatoms. The zero-order chi connectivity index (χ0) is 15.0. The number of allylic oxidation sites excluding steroid dienone is 2. The Bertz CT molecular complexity index is 657. The number of anilines is 1. The smallest absolute Gasteiger partial charge is 0.307 e. The SMILES string of the molecule is N#Cc1ccc(NC(=O)C2C3C=CC(C3)C2C(=O)O)cc1. The Morgan fingerprint density at radius 2 is 1.76 bits per heavy atom. The van der Waals surface area contributed by atoms with Crippen LogP contribution >= 0.6 is 0 Å². The highest BCUT2D eigenvalue weighted by atomic mass is 16.4. The Kier molecular flexibility index (Phi) is 3.22. The molecule has 0 aromatic heterocycles. The van der Waals surface area contributed by atoms with Crippen molar-refractivity contribution < 1.29 is 14.7 Å². The second-order valence-corrected chi connectivity index (χ2v) is 5.52. The van der Waals surface area contributed by atoms with Crippen molar-refractivity contribution in [3.8, 4) is 6.07 Å². The van der Waals surface area contributed by atoms with Crippen molar-refractivity contribution in [3.63, 3.8) is 0 Å². The molecule has 1 aromatic carbocycles. The molecule has 1 amide bonds. The summed E-state index contributed by atoms with van der Waals surface area (Å²) in [5.74, 6) is -2.36. The molecule has 4 atom stereocenters. The van der Waals surface area contributed by atoms with Gasteiger partial charge in [0.25, 0.3) is 0 Å². The van der Waals surface area contributed by atoms with E-state index < -0.39 is 17.8 Å². The number of carboxylic acids is 1. The lowest BCUT2D eigenvalue weighted by molar-refractivity contribution is -0.146. The van der Waals surface area contributed by atoms with Gasteiger partial charge in [0.1, 0.15) is 0 Å². The summed E-state index contributed by atoms with van der Waals surface area (Å²) >= 11 is 0. The highest BCUT2D eigenvalue weighted by Gasteiger charge is 2.51. The molecule has 4 unspecified atom stereocenters. The normalized spacial score (nSPS) is 29.1. The number of rotatable bonds is 3. The molecule has 21 heavy (non-hydrogen) atoms. The van der Waals surface area contributed by atoms with Gasteiger partial charge in [-0.05, 0) is 42.5 Å². The minimum absolute atomic E-state index is 0.00878. The topological polar surface area (TPSA) is 90.2 Å². The fraction of sp³-hybridized carbons (Fsp3) is 0.312. The number of amides is 1. The van der Waals surface area contributed by atoms with Gasteiger partial charge in [0.2, 0.25) is 5.91 Å². The molecule has 1 fully saturated rings. The molecule has 0 saturated heterocycles. The van der Waals surface area contributed by atoms with Crippen LogP contribution in [0.4, 0.5) is 5.69 Å². The third-order valence-electron chi connectivity index (χ3n) is 4.33. The summed E-state index contributed by atoms with van der Waals surface area (Å²) in [4.78, 5) is 23.8. The van der Waals surface area contributed by atoms with E-state index in [4.69, 9.17) is 5.26 Å². The summed E-state index contributed by atoms with van der Waals surface area (Å²) in [5.41, 5.74) is 1.09. The van der Waals surface area contributed by atoms with Crippen LogP contribution in [0.2, 0.25) is 0 Å². The van der Waals surface area contributed by atoms with Gasteiger partial charge in [-0.25, -0.2) is 0 Å². The average molecular weight is 282 g/mol. The minimum atomic E-state index is -0.910. The van der Waals surface area contributed by atoms with Gasteiger partial charge in [-0.1, -0.05) is 12.2 Å². The molecule has 0 radical (unpaired) electrons. The van der Waals surface area contributed by atoms with Crippen molar-refractivity contribution in [1.82, 2.24) is 0 Å². The zero-order valence-electron chi connectivity index (χ0n) is 11.2. The summed E-state index contributed by atoms with van der Waals surface area (Å²) in [5, 5.41) is 20.8. The van der Waals surface area contributed by atoms with Crippen LogP contribution in [0.15, 0.2) is 36.4 Å². The molecular weight excluding hydrogens is 268 g/mol. The lowest BCUT2D eigenvalue weighted by Crippen LogP contribution is -2.36. The highest BCUT2D eigenvalue weighted by molar-refractivity contribution is 5.96. The molecule has 5 nitrogen and oxygen atoms in total. The Morgan fingerprint density at radius 3 is 2.33 bits per heavy atom. The number of nitriles is 1. The van der Waals surface area contributed by atoms with Gasteiger partial charge < -0.3 is 10.4 Å². The van der Waals surface area contributed by atoms with Crippen LogP contribution < -0.4 is 5.32 Å². The van der Waals surface area contributed by atoms with Gasteiger partial charge >= 0.3 is 5.97 Å². The molecule has 0 heterocycles. The van der Waals surface area contributed by atoms with Crippen LogP contribution in [0, 0.1) is 35.0 Å². The summed E-state index contributed by atoms with van der Waals surface area (Å²) in [6.45, 7) is 0. The van der Waals surface area contributed by atoms with Gasteiger partial charge in [0, 0.05) is 5.69 Å². The zero-order valence-corrected chi connectivity index (χ0v) is 11.2. The number of hydrogen-bond acceptors (Lipinski definition) is 3. The van der Waals surface area contributed by atoms with E-state index in [0.29, 0.717) is 11.3 Å². The molecule has 1 aromatic rings. The van der Waals surface area contributed by atoms with Crippen LogP contribution in [0.5, 0.6) is 0 Å². The largest absolute Gasteiger partial charge is 0.481 e. The van der Waals surface area contributed by atoms with E-state index >= 15 is 0 Å². The maximum atomic E-state index is 12.4. The fourth-order valence-corrected chi connectivity index (χ4v) is 3.37. The van der Waals surface area contributed by atoms with E-state index in [0.717, 1.165) is 6.42 Å². The number of benzene rings is 1. The van der Waals surface area contributed by atoms with Crippen molar-refractivity contribution in [2.45, 2.75) is 6.42 Å². The average Bonchev–Trinajstić information content (AvgIpc) is 3.08. The second kappa shape index (κ2) is 5.06. The minimum Gasteiger partial charge on any atom is -0.481 e. The van der Waals surface area contributed by atoms with Crippen molar-refractivity contribution in [1.29, 1.82) is 5.26 Å². The van der Waals surface area contributed by atoms with Crippen molar-refractivity contribution in [2.24, 2.45) is 23.7 Å². The molecule has 2 N–H and O–H groups in total. The van der Waals surface area contributed by atoms with Gasteiger partial charge in [0.05, 0.1) is 23.5 Å². The third kappa shape index (κ3) is 2.29. The molecule has 0 spiro atoms. The first-order chi connectivity index (χ1) is 10.1. The van der Waals surface area contributed by atoms with Crippen molar-refractivity contribution in [3.05, 3.63) is 42.0 Å². The Balaban J connectivity index is 1.77. The number of fused-ring (bicyclic) bond motifs is 2. The number of nitrogens with zero attached hydrogens (tertiary/aromatic N) is 1. The molecule has 106 valence electrons. The van der Waals surface area contributed by atoms with Crippen LogP contribution in [0.3, 0.4) is 0 Å². The van der Waals surface area contributed by atoms with Crippen LogP contribution in [-0.2, 0) is 9.59 Å². The lowest BCUT2D eigenvalue weighted by Gasteiger charge is -2.23. The van der Waals surface area contributed by atoms with Crippen LogP contribution in [0.25, 0.3) is 0 Å². The first-order valence-corrected chi connectivity index (χ1v) is 6.82. The van der Waals surface area contributed by atoms with E-state index in [1.54, 1.807) is 24.3 Å². The maximum Gasteiger partial charge on any atom is 0.307 e. The molecule has 2 aliphatic rings. The molecule has 2 bridgehead atoms. The first kappa shape index (κ1) is 13.4. The maximum absolute atomic E-state index is 12.4. The van der Waals surface area contributed by atoms with Crippen LogP contribution in [0.1, 0.15) is 12.0 Å². The lowest BCUT2D eigenvalue weighted by atomic mass is 9.82. The predicted octanol–water partition coefficient (Wildman–Crippen LogP) is 2.02. The molecule has 1 saturated carbocycles. The number of aliphatic carboxylic acids is 1. The number of carboxylic acid groups (broad SMARTS) is 1. The molecule has 0 aliphatic heterocycles. The quantitative estimate of drug-likeness (QED) is 0.830. The van der Waals surface area contributed by atoms with E-state index in [-0.39, 0.29) is 17.7 Å². The summed E-state index contributed by atoms with van der Waals surface area (Å²) in [7, 11) is 0. The number of hydrogen-bond donors (Lipinski definition) is 2. The van der Waals surface area contributed by atoms with Crippen molar-refractivity contribution in [2.75, 3.05) is 5.32 Å². The number of carbonyl (C=O) groups is 2. The van der Waals surface area contributed by atoms with E-state index in [2.05, 4.69) is 5.32 Å². The monoisotopic (exact) mass is 282 g/mol. The molecule has 3 rings (SSSR count). The van der Waals surface area contributed by atoms with Gasteiger partial charge in [-0.15, -0.1) is 0 Å².